The number of nitrogens with zero attached hydrogens (tertiary/aromatic N) is 1. The molecule has 86 valence electrons. The van der Waals surface area contributed by atoms with Gasteiger partial charge in [-0.15, -0.1) is 0 Å². The number of non-ortho nitro benzene ring substituents is 1. The summed E-state index contributed by atoms with van der Waals surface area (Å²) >= 11 is 2.12. The van der Waals surface area contributed by atoms with Gasteiger partial charge >= 0.3 is 0 Å². The van der Waals surface area contributed by atoms with Crippen molar-refractivity contribution >= 4 is 34.0 Å². The van der Waals surface area contributed by atoms with Crippen LogP contribution in [0.4, 0.5) is 11.4 Å². The smallest absolute Gasteiger partial charge is 0.270 e. The highest BCUT2D eigenvalue weighted by Crippen LogP contribution is 2.44. The summed E-state index contributed by atoms with van der Waals surface area (Å²) in [4.78, 5) is 10.2. The Kier molecular flexibility index (Phi) is 3.05. The van der Waals surface area contributed by atoms with Crippen LogP contribution in [0.25, 0.3) is 0 Å². The van der Waals surface area contributed by atoms with E-state index < -0.39 is 0 Å². The summed E-state index contributed by atoms with van der Waals surface area (Å²) in [5.41, 5.74) is 1.57. The predicted octanol–water partition coefficient (Wildman–Crippen LogP) is 3.41. The van der Waals surface area contributed by atoms with Crippen molar-refractivity contribution in [3.05, 3.63) is 31.9 Å². The molecule has 5 heteroatoms. The Hall–Kier alpha value is -0.850. The first-order valence-corrected chi connectivity index (χ1v) is 6.26. The van der Waals surface area contributed by atoms with Crippen molar-refractivity contribution in [2.24, 2.45) is 5.41 Å². The van der Waals surface area contributed by atoms with Crippen molar-refractivity contribution in [1.82, 2.24) is 0 Å². The summed E-state index contributed by atoms with van der Waals surface area (Å²) < 4.78 is 0.899. The van der Waals surface area contributed by atoms with Gasteiger partial charge in [0.2, 0.25) is 0 Å². The molecule has 1 aromatic rings. The third-order valence-corrected chi connectivity index (χ3v) is 3.87. The van der Waals surface area contributed by atoms with E-state index in [1.54, 1.807) is 18.2 Å². The Morgan fingerprint density at radius 1 is 1.56 bits per heavy atom. The number of nitrogens with one attached hydrogen (secondary N) is 1. The highest BCUT2D eigenvalue weighted by atomic mass is 127. The van der Waals surface area contributed by atoms with Crippen molar-refractivity contribution in [3.63, 3.8) is 0 Å². The molecule has 2 rings (SSSR count). The maximum absolute atomic E-state index is 10.6. The lowest BCUT2D eigenvalue weighted by molar-refractivity contribution is -0.384. The van der Waals surface area contributed by atoms with Crippen LogP contribution >= 0.6 is 22.6 Å². The van der Waals surface area contributed by atoms with Crippen molar-refractivity contribution in [1.29, 1.82) is 0 Å². The second kappa shape index (κ2) is 4.20. The van der Waals surface area contributed by atoms with Crippen molar-refractivity contribution in [2.75, 3.05) is 11.9 Å². The van der Waals surface area contributed by atoms with Crippen LogP contribution in [-0.2, 0) is 0 Å². The molecule has 16 heavy (non-hydrogen) atoms. The number of nitro benzene ring substituents is 1. The lowest BCUT2D eigenvalue weighted by Gasteiger charge is -2.12. The van der Waals surface area contributed by atoms with Crippen LogP contribution in [0, 0.1) is 19.1 Å². The molecule has 4 nitrogen and oxygen atoms in total. The minimum absolute atomic E-state index is 0.146. The van der Waals surface area contributed by atoms with E-state index in [0.29, 0.717) is 5.41 Å². The van der Waals surface area contributed by atoms with E-state index in [4.69, 9.17) is 0 Å². The SMILES string of the molecule is CC1(CNc2ccc([N+](=O)[O-])cc2I)CC1. The van der Waals surface area contributed by atoms with E-state index in [9.17, 15) is 10.1 Å². The van der Waals surface area contributed by atoms with Gasteiger partial charge in [0.25, 0.3) is 5.69 Å². The van der Waals surface area contributed by atoms with Crippen LogP contribution in [-0.4, -0.2) is 11.5 Å². The van der Waals surface area contributed by atoms with Crippen molar-refractivity contribution in [3.8, 4) is 0 Å². The van der Waals surface area contributed by atoms with Crippen molar-refractivity contribution in [2.45, 2.75) is 19.8 Å². The van der Waals surface area contributed by atoms with Crippen LogP contribution in [0.5, 0.6) is 0 Å². The molecular weight excluding hydrogens is 319 g/mol. The second-order valence-corrected chi connectivity index (χ2v) is 5.75. The lowest BCUT2D eigenvalue weighted by Crippen LogP contribution is -2.12. The summed E-state index contributed by atoms with van der Waals surface area (Å²) in [7, 11) is 0. The van der Waals surface area contributed by atoms with Crippen LogP contribution in [0.15, 0.2) is 18.2 Å². The highest BCUT2D eigenvalue weighted by molar-refractivity contribution is 14.1. The number of rotatable bonds is 4. The van der Waals surface area contributed by atoms with E-state index in [0.717, 1.165) is 15.8 Å². The van der Waals surface area contributed by atoms with Gasteiger partial charge in [-0.3, -0.25) is 10.1 Å². The first kappa shape index (κ1) is 11.6. The molecule has 1 fully saturated rings. The van der Waals surface area contributed by atoms with Crippen LogP contribution in [0.3, 0.4) is 0 Å². The van der Waals surface area contributed by atoms with Crippen LogP contribution < -0.4 is 5.32 Å². The highest BCUT2D eigenvalue weighted by Gasteiger charge is 2.36. The van der Waals surface area contributed by atoms with E-state index in [1.807, 2.05) is 0 Å². The molecule has 1 aliphatic carbocycles. The summed E-state index contributed by atoms with van der Waals surface area (Å²) in [5, 5.41) is 13.9. The Labute approximate surface area is 108 Å². The van der Waals surface area contributed by atoms with E-state index in [-0.39, 0.29) is 10.6 Å². The number of hydrogen-bond donors (Lipinski definition) is 1. The number of benzene rings is 1. The minimum atomic E-state index is -0.367. The van der Waals surface area contributed by atoms with E-state index in [2.05, 4.69) is 34.8 Å². The zero-order valence-electron chi connectivity index (χ0n) is 9.00. The molecule has 1 saturated carbocycles. The van der Waals surface area contributed by atoms with Gasteiger partial charge < -0.3 is 5.32 Å². The molecule has 0 saturated heterocycles. The Morgan fingerprint density at radius 2 is 2.25 bits per heavy atom. The molecular formula is C11H13IN2O2. The third kappa shape index (κ3) is 2.63. The third-order valence-electron chi connectivity index (χ3n) is 2.97. The number of anilines is 1. The fraction of sp³-hybridized carbons (Fsp3) is 0.455. The molecule has 1 aliphatic rings. The van der Waals surface area contributed by atoms with E-state index >= 15 is 0 Å². The quantitative estimate of drug-likeness (QED) is 0.522. The molecule has 0 spiro atoms. The number of halogens is 1. The van der Waals surface area contributed by atoms with Gasteiger partial charge in [-0.1, -0.05) is 6.92 Å². The normalized spacial score (nSPS) is 16.9. The molecule has 0 aliphatic heterocycles. The van der Waals surface area contributed by atoms with Gasteiger partial charge in [0.05, 0.1) is 4.92 Å². The molecule has 0 radical (unpaired) electrons. The topological polar surface area (TPSA) is 55.2 Å². The lowest BCUT2D eigenvalue weighted by atomic mass is 10.1. The first-order valence-electron chi connectivity index (χ1n) is 5.18. The Morgan fingerprint density at radius 3 is 2.75 bits per heavy atom. The Balaban J connectivity index is 2.07. The largest absolute Gasteiger partial charge is 0.384 e. The molecule has 0 heterocycles. The summed E-state index contributed by atoms with van der Waals surface area (Å²) in [6, 6.07) is 4.92. The maximum atomic E-state index is 10.6. The standard InChI is InChI=1S/C11H13IN2O2/c1-11(4-5-11)7-13-10-3-2-8(14(15)16)6-9(10)12/h2-3,6,13H,4-5,7H2,1H3. The molecule has 0 aromatic heterocycles. The predicted molar refractivity (Wildman–Crippen MR) is 71.6 cm³/mol. The molecule has 0 bridgehead atoms. The summed E-state index contributed by atoms with van der Waals surface area (Å²) in [6.07, 6.45) is 2.53. The summed E-state index contributed by atoms with van der Waals surface area (Å²) in [5.74, 6) is 0. The van der Waals surface area contributed by atoms with Crippen LogP contribution in [0.2, 0.25) is 0 Å². The summed E-state index contributed by atoms with van der Waals surface area (Å²) in [6.45, 7) is 3.19. The second-order valence-electron chi connectivity index (χ2n) is 4.59. The maximum Gasteiger partial charge on any atom is 0.270 e. The van der Waals surface area contributed by atoms with Gasteiger partial charge in [0.1, 0.15) is 0 Å². The van der Waals surface area contributed by atoms with Crippen molar-refractivity contribution < 1.29 is 4.92 Å². The molecule has 0 unspecified atom stereocenters. The molecule has 0 amide bonds. The Bertz CT molecular complexity index is 430. The number of nitro groups is 1. The molecule has 1 N–H and O–H groups in total. The average Bonchev–Trinajstić information content (AvgIpc) is 2.95. The van der Waals surface area contributed by atoms with Gasteiger partial charge in [-0.05, 0) is 46.9 Å². The fourth-order valence-electron chi connectivity index (χ4n) is 1.46. The molecule has 0 atom stereocenters. The van der Waals surface area contributed by atoms with Gasteiger partial charge in [0.15, 0.2) is 0 Å². The average molecular weight is 332 g/mol. The van der Waals surface area contributed by atoms with E-state index in [1.165, 1.54) is 12.8 Å². The monoisotopic (exact) mass is 332 g/mol. The first-order chi connectivity index (χ1) is 7.50. The minimum Gasteiger partial charge on any atom is -0.384 e. The zero-order valence-corrected chi connectivity index (χ0v) is 11.2. The van der Waals surface area contributed by atoms with Gasteiger partial charge in [-0.2, -0.15) is 0 Å². The number of hydrogen-bond acceptors (Lipinski definition) is 3. The van der Waals surface area contributed by atoms with Gasteiger partial charge in [0, 0.05) is 27.9 Å². The van der Waals surface area contributed by atoms with Crippen LogP contribution in [0.1, 0.15) is 19.8 Å². The fourth-order valence-corrected chi connectivity index (χ4v) is 2.15. The zero-order chi connectivity index (χ0) is 11.8. The molecule has 1 aromatic carbocycles. The van der Waals surface area contributed by atoms with Gasteiger partial charge in [-0.25, -0.2) is 0 Å².